The van der Waals surface area contributed by atoms with E-state index in [4.69, 9.17) is 0 Å². The molecule has 1 N–H and O–H groups in total. The van der Waals surface area contributed by atoms with Crippen molar-refractivity contribution in [2.45, 2.75) is 32.7 Å². The largest absolute Gasteiger partial charge is 0.341 e. The van der Waals surface area contributed by atoms with Gasteiger partial charge in [0.15, 0.2) is 0 Å². The second kappa shape index (κ2) is 6.29. The first kappa shape index (κ1) is 13.5. The topological polar surface area (TPSA) is 45.2 Å². The van der Waals surface area contributed by atoms with Gasteiger partial charge in [-0.05, 0) is 38.8 Å². The number of nitrogens with one attached hydrogen (secondary N) is 1. The third-order valence-electron chi connectivity index (χ3n) is 3.35. The smallest absolute Gasteiger partial charge is 0.222 e. The van der Waals surface area contributed by atoms with Gasteiger partial charge < -0.3 is 10.2 Å². The summed E-state index contributed by atoms with van der Waals surface area (Å²) in [6.45, 7) is 4.76. The van der Waals surface area contributed by atoms with Gasteiger partial charge in [-0.1, -0.05) is 0 Å². The highest BCUT2D eigenvalue weighted by atomic mass is 32.1. The second-order valence-electron chi connectivity index (χ2n) is 5.01. The first-order valence-electron chi connectivity index (χ1n) is 6.51. The Kier molecular flexibility index (Phi) is 4.72. The Bertz CT molecular complexity index is 399. The third-order valence-corrected chi connectivity index (χ3v) is 4.25. The van der Waals surface area contributed by atoms with Gasteiger partial charge in [0.25, 0.3) is 0 Å². The summed E-state index contributed by atoms with van der Waals surface area (Å²) in [5.74, 6) is 0.756. The molecule has 5 heteroatoms. The summed E-state index contributed by atoms with van der Waals surface area (Å²) < 4.78 is 0. The number of aromatic nitrogens is 1. The molecule has 100 valence electrons. The average Bonchev–Trinajstić information content (AvgIpc) is 2.76. The Labute approximate surface area is 112 Å². The van der Waals surface area contributed by atoms with Gasteiger partial charge in [0.1, 0.15) is 0 Å². The lowest BCUT2D eigenvalue weighted by molar-refractivity contribution is -0.131. The number of rotatable bonds is 4. The number of amides is 1. The fourth-order valence-corrected chi connectivity index (χ4v) is 3.15. The highest BCUT2D eigenvalue weighted by molar-refractivity contribution is 7.11. The van der Waals surface area contributed by atoms with E-state index in [-0.39, 0.29) is 5.91 Å². The van der Waals surface area contributed by atoms with E-state index in [0.29, 0.717) is 18.9 Å². The summed E-state index contributed by atoms with van der Waals surface area (Å²) in [7, 11) is 1.88. The molecule has 1 aromatic heterocycles. The molecule has 0 saturated carbocycles. The molecule has 18 heavy (non-hydrogen) atoms. The Morgan fingerprint density at radius 2 is 2.50 bits per heavy atom. The zero-order chi connectivity index (χ0) is 13.0. The van der Waals surface area contributed by atoms with E-state index in [1.165, 1.54) is 12.8 Å². The van der Waals surface area contributed by atoms with Crippen molar-refractivity contribution in [2.75, 3.05) is 20.1 Å². The van der Waals surface area contributed by atoms with Gasteiger partial charge >= 0.3 is 0 Å². The average molecular weight is 267 g/mol. The first-order chi connectivity index (χ1) is 8.65. The van der Waals surface area contributed by atoms with Crippen molar-refractivity contribution in [3.05, 3.63) is 16.1 Å². The van der Waals surface area contributed by atoms with Crippen LogP contribution in [0.5, 0.6) is 0 Å². The summed E-state index contributed by atoms with van der Waals surface area (Å²) in [6.07, 6.45) is 4.90. The second-order valence-corrected chi connectivity index (χ2v) is 6.33. The number of hydrogen-bond acceptors (Lipinski definition) is 4. The number of nitrogens with zero attached hydrogens (tertiary/aromatic N) is 2. The predicted molar refractivity (Wildman–Crippen MR) is 73.5 cm³/mol. The lowest BCUT2D eigenvalue weighted by Crippen LogP contribution is -2.34. The number of carbonyl (C=O) groups is 1. The summed E-state index contributed by atoms with van der Waals surface area (Å²) >= 11 is 1.66. The SMILES string of the molecule is Cc1ncc(CN(C)C(=O)CC2CCCNC2)s1. The highest BCUT2D eigenvalue weighted by Crippen LogP contribution is 2.17. The van der Waals surface area contributed by atoms with Crippen molar-refractivity contribution in [3.8, 4) is 0 Å². The molecular formula is C13H21N3OS. The molecular weight excluding hydrogens is 246 g/mol. The van der Waals surface area contributed by atoms with Crippen LogP contribution in [0.2, 0.25) is 0 Å². The normalized spacial score (nSPS) is 19.8. The van der Waals surface area contributed by atoms with Gasteiger partial charge in [-0.2, -0.15) is 0 Å². The molecule has 2 heterocycles. The summed E-state index contributed by atoms with van der Waals surface area (Å²) in [4.78, 5) is 19.3. The minimum Gasteiger partial charge on any atom is -0.341 e. The minimum absolute atomic E-state index is 0.245. The van der Waals surface area contributed by atoms with E-state index >= 15 is 0 Å². The molecule has 4 nitrogen and oxygen atoms in total. The summed E-state index contributed by atoms with van der Waals surface area (Å²) in [5.41, 5.74) is 0. The maximum Gasteiger partial charge on any atom is 0.222 e. The monoisotopic (exact) mass is 267 g/mol. The van der Waals surface area contributed by atoms with Crippen LogP contribution in [0.1, 0.15) is 29.1 Å². The van der Waals surface area contributed by atoms with Gasteiger partial charge in [-0.25, -0.2) is 4.98 Å². The zero-order valence-electron chi connectivity index (χ0n) is 11.1. The molecule has 2 rings (SSSR count). The maximum absolute atomic E-state index is 12.1. The van der Waals surface area contributed by atoms with Crippen LogP contribution in [0.3, 0.4) is 0 Å². The Hall–Kier alpha value is -0.940. The van der Waals surface area contributed by atoms with Gasteiger partial charge in [-0.3, -0.25) is 4.79 Å². The van der Waals surface area contributed by atoms with E-state index < -0.39 is 0 Å². The third kappa shape index (κ3) is 3.78. The van der Waals surface area contributed by atoms with Crippen LogP contribution in [0.25, 0.3) is 0 Å². The van der Waals surface area contributed by atoms with E-state index in [1.54, 1.807) is 11.3 Å². The molecule has 0 radical (unpaired) electrons. The summed E-state index contributed by atoms with van der Waals surface area (Å²) in [5, 5.41) is 4.41. The van der Waals surface area contributed by atoms with Crippen LogP contribution in [0.15, 0.2) is 6.20 Å². The van der Waals surface area contributed by atoms with Crippen molar-refractivity contribution >= 4 is 17.2 Å². The van der Waals surface area contributed by atoms with Crippen LogP contribution in [0.4, 0.5) is 0 Å². The van der Waals surface area contributed by atoms with Crippen molar-refractivity contribution in [3.63, 3.8) is 0 Å². The van der Waals surface area contributed by atoms with Crippen LogP contribution in [-0.4, -0.2) is 35.9 Å². The zero-order valence-corrected chi connectivity index (χ0v) is 11.9. The van der Waals surface area contributed by atoms with E-state index in [0.717, 1.165) is 23.0 Å². The molecule has 1 fully saturated rings. The number of carbonyl (C=O) groups excluding carboxylic acids is 1. The number of hydrogen-bond donors (Lipinski definition) is 1. The van der Waals surface area contributed by atoms with Crippen LogP contribution in [-0.2, 0) is 11.3 Å². The van der Waals surface area contributed by atoms with Gasteiger partial charge in [0.2, 0.25) is 5.91 Å². The van der Waals surface area contributed by atoms with Crippen molar-refractivity contribution in [1.82, 2.24) is 15.2 Å². The lowest BCUT2D eigenvalue weighted by Gasteiger charge is -2.24. The van der Waals surface area contributed by atoms with Crippen LogP contribution < -0.4 is 5.32 Å². The summed E-state index contributed by atoms with van der Waals surface area (Å²) in [6, 6.07) is 0. The number of thiazole rings is 1. The maximum atomic E-state index is 12.1. The van der Waals surface area contributed by atoms with Crippen molar-refractivity contribution in [2.24, 2.45) is 5.92 Å². The first-order valence-corrected chi connectivity index (χ1v) is 7.33. The molecule has 1 atom stereocenters. The van der Waals surface area contributed by atoms with Crippen LogP contribution >= 0.6 is 11.3 Å². The molecule has 1 amide bonds. The lowest BCUT2D eigenvalue weighted by atomic mass is 9.96. The van der Waals surface area contributed by atoms with Crippen LogP contribution in [0, 0.1) is 12.8 Å². The van der Waals surface area contributed by atoms with Crippen molar-refractivity contribution < 1.29 is 4.79 Å². The van der Waals surface area contributed by atoms with Gasteiger partial charge in [0.05, 0.1) is 11.6 Å². The molecule has 1 aromatic rings. The molecule has 0 aliphatic carbocycles. The van der Waals surface area contributed by atoms with Gasteiger partial charge in [-0.15, -0.1) is 11.3 Å². The quantitative estimate of drug-likeness (QED) is 0.905. The number of aryl methyl sites for hydroxylation is 1. The Balaban J connectivity index is 1.80. The minimum atomic E-state index is 0.245. The highest BCUT2D eigenvalue weighted by Gasteiger charge is 2.19. The number of piperidine rings is 1. The molecule has 1 unspecified atom stereocenters. The van der Waals surface area contributed by atoms with Gasteiger partial charge in [0, 0.05) is 24.5 Å². The fraction of sp³-hybridized carbons (Fsp3) is 0.692. The molecule has 1 aliphatic heterocycles. The molecule has 1 aliphatic rings. The fourth-order valence-electron chi connectivity index (χ4n) is 2.30. The van der Waals surface area contributed by atoms with E-state index in [1.807, 2.05) is 25.1 Å². The molecule has 0 spiro atoms. The molecule has 0 aromatic carbocycles. The molecule has 1 saturated heterocycles. The Morgan fingerprint density at radius 1 is 1.67 bits per heavy atom. The van der Waals surface area contributed by atoms with Crippen molar-refractivity contribution in [1.29, 1.82) is 0 Å². The van der Waals surface area contributed by atoms with E-state index in [9.17, 15) is 4.79 Å². The van der Waals surface area contributed by atoms with E-state index in [2.05, 4.69) is 10.3 Å². The predicted octanol–water partition coefficient (Wildman–Crippen LogP) is 1.80. The Morgan fingerprint density at radius 3 is 3.11 bits per heavy atom. The standard InChI is InChI=1S/C13H21N3OS/c1-10-15-8-12(18-10)9-16(2)13(17)6-11-4-3-5-14-7-11/h8,11,14H,3-7,9H2,1-2H3. The molecule has 0 bridgehead atoms.